The first kappa shape index (κ1) is 12.7. The maximum absolute atomic E-state index is 11.6. The smallest absolute Gasteiger partial charge is 0.379 e. The number of nitrogens with one attached hydrogen (secondary N) is 2. The van der Waals surface area contributed by atoms with Crippen LogP contribution in [-0.2, 0) is 0 Å². The van der Waals surface area contributed by atoms with Crippen molar-refractivity contribution >= 4 is 17.7 Å². The molecule has 0 bridgehead atoms. The molecule has 0 radical (unpaired) electrons. The highest BCUT2D eigenvalue weighted by Gasteiger charge is 2.11. The normalized spacial score (nSPS) is 9.74. The van der Waals surface area contributed by atoms with Gasteiger partial charge in [-0.2, -0.15) is 0 Å². The Balaban J connectivity index is 1.99. The number of benzene rings is 1. The second-order valence-electron chi connectivity index (χ2n) is 3.60. The summed E-state index contributed by atoms with van der Waals surface area (Å²) in [5, 5.41) is 5.02. The molecule has 2 N–H and O–H groups in total. The molecule has 2 rings (SSSR count). The van der Waals surface area contributed by atoms with Crippen LogP contribution in [0.2, 0.25) is 0 Å². The summed E-state index contributed by atoms with van der Waals surface area (Å²) in [4.78, 5) is 22.7. The number of amides is 2. The van der Waals surface area contributed by atoms with Gasteiger partial charge in [-0.1, -0.05) is 0 Å². The zero-order chi connectivity index (χ0) is 13.7. The SMILES string of the molecule is CNC(=O)Nc1ccc(OC(=O)c2ccco2)cc1. The van der Waals surface area contributed by atoms with Crippen LogP contribution in [0.25, 0.3) is 0 Å². The van der Waals surface area contributed by atoms with E-state index in [2.05, 4.69) is 10.6 Å². The second-order valence-corrected chi connectivity index (χ2v) is 3.60. The number of ether oxygens (including phenoxy) is 1. The van der Waals surface area contributed by atoms with Crippen LogP contribution in [0.3, 0.4) is 0 Å². The Bertz CT molecular complexity index is 561. The summed E-state index contributed by atoms with van der Waals surface area (Å²) in [6.45, 7) is 0. The summed E-state index contributed by atoms with van der Waals surface area (Å²) in [6, 6.07) is 9.20. The summed E-state index contributed by atoms with van der Waals surface area (Å²) < 4.78 is 10.0. The van der Waals surface area contributed by atoms with Gasteiger partial charge in [0.05, 0.1) is 6.26 Å². The maximum Gasteiger partial charge on any atom is 0.379 e. The lowest BCUT2D eigenvalue weighted by Crippen LogP contribution is -2.24. The molecule has 0 saturated carbocycles. The van der Waals surface area contributed by atoms with Gasteiger partial charge in [-0.3, -0.25) is 0 Å². The number of carbonyl (C=O) groups excluding carboxylic acids is 2. The van der Waals surface area contributed by atoms with E-state index in [1.54, 1.807) is 30.3 Å². The molecule has 19 heavy (non-hydrogen) atoms. The number of urea groups is 1. The van der Waals surface area contributed by atoms with Gasteiger partial charge in [0.25, 0.3) is 0 Å². The van der Waals surface area contributed by atoms with Crippen molar-refractivity contribution in [1.29, 1.82) is 0 Å². The van der Waals surface area contributed by atoms with E-state index in [0.717, 1.165) is 0 Å². The van der Waals surface area contributed by atoms with Crippen molar-refractivity contribution < 1.29 is 18.7 Å². The van der Waals surface area contributed by atoms with E-state index in [4.69, 9.17) is 9.15 Å². The minimum absolute atomic E-state index is 0.132. The zero-order valence-electron chi connectivity index (χ0n) is 10.2. The highest BCUT2D eigenvalue weighted by Crippen LogP contribution is 2.17. The summed E-state index contributed by atoms with van der Waals surface area (Å²) in [5.41, 5.74) is 0.595. The lowest BCUT2D eigenvalue weighted by Gasteiger charge is -2.06. The van der Waals surface area contributed by atoms with Gasteiger partial charge in [0, 0.05) is 12.7 Å². The van der Waals surface area contributed by atoms with Gasteiger partial charge in [0.2, 0.25) is 5.76 Å². The predicted octanol–water partition coefficient (Wildman–Crippen LogP) is 2.25. The first-order valence-corrected chi connectivity index (χ1v) is 5.53. The van der Waals surface area contributed by atoms with Crippen LogP contribution in [0.4, 0.5) is 10.5 Å². The van der Waals surface area contributed by atoms with Crippen LogP contribution in [0.5, 0.6) is 5.75 Å². The van der Waals surface area contributed by atoms with Gasteiger partial charge in [-0.15, -0.1) is 0 Å². The van der Waals surface area contributed by atoms with Crippen molar-refractivity contribution in [2.45, 2.75) is 0 Å². The fraction of sp³-hybridized carbons (Fsp3) is 0.0769. The van der Waals surface area contributed by atoms with Gasteiger partial charge >= 0.3 is 12.0 Å². The quantitative estimate of drug-likeness (QED) is 0.655. The summed E-state index contributed by atoms with van der Waals surface area (Å²) in [7, 11) is 1.52. The summed E-state index contributed by atoms with van der Waals surface area (Å²) in [5.74, 6) is -0.0755. The Labute approximate surface area is 109 Å². The standard InChI is InChI=1S/C13H12N2O4/c1-14-13(17)15-9-4-6-10(7-5-9)19-12(16)11-3-2-8-18-11/h2-8H,1H3,(H2,14,15,17). The van der Waals surface area contributed by atoms with Crippen LogP contribution >= 0.6 is 0 Å². The fourth-order valence-electron chi connectivity index (χ4n) is 1.35. The number of esters is 1. The summed E-state index contributed by atoms with van der Waals surface area (Å²) >= 11 is 0. The molecule has 0 spiro atoms. The third kappa shape index (κ3) is 3.35. The van der Waals surface area contributed by atoms with Crippen molar-refractivity contribution in [1.82, 2.24) is 5.32 Å². The molecule has 6 heteroatoms. The van der Waals surface area contributed by atoms with E-state index in [1.165, 1.54) is 19.4 Å². The monoisotopic (exact) mass is 260 g/mol. The van der Waals surface area contributed by atoms with Crippen LogP contribution in [0, 0.1) is 0 Å². The van der Waals surface area contributed by atoms with E-state index >= 15 is 0 Å². The van der Waals surface area contributed by atoms with Crippen LogP contribution in [-0.4, -0.2) is 19.0 Å². The van der Waals surface area contributed by atoms with Crippen molar-refractivity contribution in [2.24, 2.45) is 0 Å². The average molecular weight is 260 g/mol. The molecule has 0 aliphatic rings. The third-order valence-electron chi connectivity index (χ3n) is 2.27. The number of hydrogen-bond acceptors (Lipinski definition) is 4. The molecule has 6 nitrogen and oxygen atoms in total. The topological polar surface area (TPSA) is 80.6 Å². The number of anilines is 1. The molecular weight excluding hydrogens is 248 g/mol. The number of carbonyl (C=O) groups is 2. The van der Waals surface area contributed by atoms with Crippen LogP contribution < -0.4 is 15.4 Å². The van der Waals surface area contributed by atoms with Crippen molar-refractivity contribution in [3.05, 3.63) is 48.4 Å². The molecule has 0 atom stereocenters. The largest absolute Gasteiger partial charge is 0.457 e. The minimum atomic E-state index is -0.572. The van der Waals surface area contributed by atoms with Crippen molar-refractivity contribution in [3.63, 3.8) is 0 Å². The molecule has 1 aromatic heterocycles. The number of hydrogen-bond donors (Lipinski definition) is 2. The number of furan rings is 1. The molecule has 1 heterocycles. The molecule has 2 aromatic rings. The van der Waals surface area contributed by atoms with Gasteiger partial charge < -0.3 is 19.8 Å². The molecule has 1 aromatic carbocycles. The molecule has 0 saturated heterocycles. The highest BCUT2D eigenvalue weighted by molar-refractivity contribution is 5.89. The maximum atomic E-state index is 11.6. The minimum Gasteiger partial charge on any atom is -0.457 e. The molecular formula is C13H12N2O4. The molecule has 0 fully saturated rings. The number of rotatable bonds is 3. The molecule has 0 aliphatic heterocycles. The predicted molar refractivity (Wildman–Crippen MR) is 68.2 cm³/mol. The van der Waals surface area contributed by atoms with E-state index < -0.39 is 5.97 Å². The molecule has 2 amide bonds. The molecule has 0 unspecified atom stereocenters. The first-order chi connectivity index (χ1) is 9.19. The van der Waals surface area contributed by atoms with Gasteiger partial charge in [0.1, 0.15) is 5.75 Å². The van der Waals surface area contributed by atoms with E-state index in [1.807, 2.05) is 0 Å². The Morgan fingerprint density at radius 2 is 1.89 bits per heavy atom. The van der Waals surface area contributed by atoms with Crippen LogP contribution in [0.15, 0.2) is 47.1 Å². The Kier molecular flexibility index (Phi) is 3.82. The van der Waals surface area contributed by atoms with E-state index in [9.17, 15) is 9.59 Å². The molecule has 98 valence electrons. The van der Waals surface area contributed by atoms with E-state index in [0.29, 0.717) is 11.4 Å². The fourth-order valence-corrected chi connectivity index (χ4v) is 1.35. The lowest BCUT2D eigenvalue weighted by molar-refractivity contribution is 0.0701. The average Bonchev–Trinajstić information content (AvgIpc) is 2.95. The Morgan fingerprint density at radius 1 is 1.16 bits per heavy atom. The zero-order valence-corrected chi connectivity index (χ0v) is 10.2. The van der Waals surface area contributed by atoms with Gasteiger partial charge in [-0.05, 0) is 36.4 Å². The Hall–Kier alpha value is -2.76. The second kappa shape index (κ2) is 5.72. The molecule has 0 aliphatic carbocycles. The highest BCUT2D eigenvalue weighted by atomic mass is 16.5. The lowest BCUT2D eigenvalue weighted by atomic mass is 10.3. The summed E-state index contributed by atoms with van der Waals surface area (Å²) in [6.07, 6.45) is 1.40. The first-order valence-electron chi connectivity index (χ1n) is 5.53. The van der Waals surface area contributed by atoms with Crippen molar-refractivity contribution in [3.8, 4) is 5.75 Å². The van der Waals surface area contributed by atoms with Gasteiger partial charge in [-0.25, -0.2) is 9.59 Å². The Morgan fingerprint density at radius 3 is 2.47 bits per heavy atom. The third-order valence-corrected chi connectivity index (χ3v) is 2.27. The van der Waals surface area contributed by atoms with Crippen LogP contribution in [0.1, 0.15) is 10.6 Å². The van der Waals surface area contributed by atoms with E-state index in [-0.39, 0.29) is 11.8 Å². The van der Waals surface area contributed by atoms with Gasteiger partial charge in [0.15, 0.2) is 0 Å². The van der Waals surface area contributed by atoms with Crippen molar-refractivity contribution in [2.75, 3.05) is 12.4 Å².